The van der Waals surface area contributed by atoms with E-state index in [1.165, 1.54) is 0 Å². The minimum Gasteiger partial charge on any atom is -0.354 e. The van der Waals surface area contributed by atoms with E-state index in [2.05, 4.69) is 29.5 Å². The van der Waals surface area contributed by atoms with Crippen LogP contribution in [0.2, 0.25) is 0 Å². The molecule has 6 nitrogen and oxygen atoms in total. The Morgan fingerprint density at radius 3 is 2.95 bits per heavy atom. The lowest BCUT2D eigenvalue weighted by atomic mass is 9.77. The molecule has 3 rings (SSSR count). The Kier molecular flexibility index (Phi) is 3.93. The van der Waals surface area contributed by atoms with Gasteiger partial charge in [0.25, 0.3) is 5.91 Å². The number of nitrogens with one attached hydrogen (secondary N) is 2. The largest absolute Gasteiger partial charge is 0.354 e. The van der Waals surface area contributed by atoms with Gasteiger partial charge in [0.15, 0.2) is 0 Å². The molecule has 1 atom stereocenters. The third kappa shape index (κ3) is 2.30. The lowest BCUT2D eigenvalue weighted by Gasteiger charge is -2.31. The molecule has 1 aromatic heterocycles. The number of hydrogen-bond donors (Lipinski definition) is 2. The average Bonchev–Trinajstić information content (AvgIpc) is 3.10. The summed E-state index contributed by atoms with van der Waals surface area (Å²) in [5.41, 5.74) is 0.396. The Bertz CT molecular complexity index is 589. The molecule has 1 unspecified atom stereocenters. The van der Waals surface area contributed by atoms with E-state index in [0.29, 0.717) is 12.2 Å². The predicted octanol–water partition coefficient (Wildman–Crippen LogP) is 1.25. The molecular formula is C16H24N4O2. The Labute approximate surface area is 130 Å². The van der Waals surface area contributed by atoms with Gasteiger partial charge < -0.3 is 15.2 Å². The van der Waals surface area contributed by atoms with Crippen LogP contribution in [0.1, 0.15) is 55.8 Å². The van der Waals surface area contributed by atoms with Gasteiger partial charge in [0.1, 0.15) is 17.6 Å². The van der Waals surface area contributed by atoms with Gasteiger partial charge in [0, 0.05) is 24.9 Å². The molecule has 0 radical (unpaired) electrons. The summed E-state index contributed by atoms with van der Waals surface area (Å²) < 4.78 is 1.99. The number of carbonyl (C=O) groups excluding carboxylic acids is 2. The van der Waals surface area contributed by atoms with E-state index >= 15 is 0 Å². The van der Waals surface area contributed by atoms with E-state index in [0.717, 1.165) is 44.5 Å². The highest BCUT2D eigenvalue weighted by atomic mass is 16.2. The lowest BCUT2D eigenvalue weighted by Crippen LogP contribution is -2.49. The number of aryl methyl sites for hydroxylation is 1. The second-order valence-corrected chi connectivity index (χ2v) is 6.36. The van der Waals surface area contributed by atoms with Crippen LogP contribution >= 0.6 is 0 Å². The van der Waals surface area contributed by atoms with E-state index in [1.807, 2.05) is 4.57 Å². The molecule has 0 saturated carbocycles. The zero-order chi connectivity index (χ0) is 15.7. The van der Waals surface area contributed by atoms with Crippen LogP contribution in [-0.2, 0) is 17.8 Å². The summed E-state index contributed by atoms with van der Waals surface area (Å²) in [5, 5.41) is 5.86. The van der Waals surface area contributed by atoms with E-state index in [9.17, 15) is 9.59 Å². The Hall–Kier alpha value is -1.85. The zero-order valence-electron chi connectivity index (χ0n) is 13.3. The van der Waals surface area contributed by atoms with Crippen LogP contribution in [0.5, 0.6) is 0 Å². The maximum absolute atomic E-state index is 12.6. The van der Waals surface area contributed by atoms with Crippen molar-refractivity contribution in [2.45, 2.75) is 58.5 Å². The highest BCUT2D eigenvalue weighted by Gasteiger charge is 2.46. The van der Waals surface area contributed by atoms with E-state index in [1.54, 1.807) is 6.20 Å². The van der Waals surface area contributed by atoms with Crippen LogP contribution in [0.25, 0.3) is 0 Å². The molecule has 2 N–H and O–H groups in total. The number of nitrogens with zero attached hydrogens (tertiary/aromatic N) is 2. The number of amides is 2. The van der Waals surface area contributed by atoms with Gasteiger partial charge in [0.2, 0.25) is 5.91 Å². The van der Waals surface area contributed by atoms with Crippen molar-refractivity contribution in [3.05, 3.63) is 17.7 Å². The van der Waals surface area contributed by atoms with Crippen molar-refractivity contribution in [2.75, 3.05) is 6.54 Å². The second-order valence-electron chi connectivity index (χ2n) is 6.36. The smallest absolute Gasteiger partial charge is 0.270 e. The highest BCUT2D eigenvalue weighted by Crippen LogP contribution is 2.34. The van der Waals surface area contributed by atoms with Gasteiger partial charge in [-0.2, -0.15) is 0 Å². The van der Waals surface area contributed by atoms with Crippen molar-refractivity contribution in [2.24, 2.45) is 5.41 Å². The fourth-order valence-corrected chi connectivity index (χ4v) is 3.67. The number of imidazole rings is 1. The third-order valence-corrected chi connectivity index (χ3v) is 5.38. The zero-order valence-corrected chi connectivity index (χ0v) is 13.3. The van der Waals surface area contributed by atoms with Crippen molar-refractivity contribution >= 4 is 11.8 Å². The topological polar surface area (TPSA) is 76.0 Å². The molecule has 0 aliphatic carbocycles. The summed E-state index contributed by atoms with van der Waals surface area (Å²) in [6.07, 6.45) is 6.47. The van der Waals surface area contributed by atoms with Gasteiger partial charge in [-0.15, -0.1) is 0 Å². The minimum atomic E-state index is -0.454. The van der Waals surface area contributed by atoms with Gasteiger partial charge in [-0.05, 0) is 25.7 Å². The molecule has 2 amide bonds. The van der Waals surface area contributed by atoms with Crippen LogP contribution < -0.4 is 10.6 Å². The molecule has 0 spiro atoms. The van der Waals surface area contributed by atoms with Gasteiger partial charge >= 0.3 is 0 Å². The first-order valence-corrected chi connectivity index (χ1v) is 8.24. The number of hydrogen-bond acceptors (Lipinski definition) is 3. The van der Waals surface area contributed by atoms with Crippen molar-refractivity contribution < 1.29 is 9.59 Å². The molecule has 22 heavy (non-hydrogen) atoms. The number of fused-ring (bicyclic) bond motifs is 1. The van der Waals surface area contributed by atoms with E-state index < -0.39 is 6.04 Å². The molecule has 120 valence electrons. The van der Waals surface area contributed by atoms with E-state index in [-0.39, 0.29) is 17.2 Å². The quantitative estimate of drug-likeness (QED) is 0.879. The first-order valence-electron chi connectivity index (χ1n) is 8.24. The van der Waals surface area contributed by atoms with Gasteiger partial charge in [0.05, 0.1) is 6.20 Å². The molecule has 0 bridgehead atoms. The number of aromatic nitrogens is 2. The standard InChI is InChI=1S/C16H24N4O2/c1-3-16(4-2)10-18-15(22)13(16)19-14(21)11-9-17-12-7-5-6-8-20(11)12/h9,13H,3-8,10H2,1-2H3,(H,18,22)(H,19,21). The van der Waals surface area contributed by atoms with Crippen LogP contribution in [0.3, 0.4) is 0 Å². The van der Waals surface area contributed by atoms with Gasteiger partial charge in [-0.1, -0.05) is 13.8 Å². The third-order valence-electron chi connectivity index (χ3n) is 5.38. The van der Waals surface area contributed by atoms with Crippen LogP contribution in [0.15, 0.2) is 6.20 Å². The molecule has 6 heteroatoms. The summed E-state index contributed by atoms with van der Waals surface area (Å²) in [6.45, 7) is 5.61. The lowest BCUT2D eigenvalue weighted by molar-refractivity contribution is -0.121. The first-order chi connectivity index (χ1) is 10.6. The van der Waals surface area contributed by atoms with Crippen molar-refractivity contribution in [3.8, 4) is 0 Å². The molecule has 2 aliphatic heterocycles. The van der Waals surface area contributed by atoms with Gasteiger partial charge in [-0.3, -0.25) is 9.59 Å². The summed E-state index contributed by atoms with van der Waals surface area (Å²) >= 11 is 0. The molecule has 2 aliphatic rings. The molecule has 1 fully saturated rings. The van der Waals surface area contributed by atoms with Gasteiger partial charge in [-0.25, -0.2) is 4.98 Å². The Balaban J connectivity index is 1.81. The summed E-state index contributed by atoms with van der Waals surface area (Å²) in [4.78, 5) is 29.1. The van der Waals surface area contributed by atoms with Crippen molar-refractivity contribution in [3.63, 3.8) is 0 Å². The average molecular weight is 304 g/mol. The van der Waals surface area contributed by atoms with Crippen molar-refractivity contribution in [1.82, 2.24) is 20.2 Å². The molecule has 1 saturated heterocycles. The van der Waals surface area contributed by atoms with Crippen LogP contribution in [0, 0.1) is 5.41 Å². The number of carbonyl (C=O) groups is 2. The maximum Gasteiger partial charge on any atom is 0.270 e. The Morgan fingerprint density at radius 1 is 1.45 bits per heavy atom. The van der Waals surface area contributed by atoms with Crippen LogP contribution in [-0.4, -0.2) is 34.0 Å². The molecule has 1 aromatic rings. The maximum atomic E-state index is 12.6. The second kappa shape index (κ2) is 5.74. The fourth-order valence-electron chi connectivity index (χ4n) is 3.67. The monoisotopic (exact) mass is 304 g/mol. The summed E-state index contributed by atoms with van der Waals surface area (Å²) in [6, 6.07) is -0.454. The SMILES string of the molecule is CCC1(CC)CNC(=O)C1NC(=O)c1cnc2n1CCCC2. The first kappa shape index (κ1) is 15.1. The molecular weight excluding hydrogens is 280 g/mol. The van der Waals surface area contributed by atoms with E-state index in [4.69, 9.17) is 0 Å². The number of rotatable bonds is 4. The van der Waals surface area contributed by atoms with Crippen LogP contribution in [0.4, 0.5) is 0 Å². The Morgan fingerprint density at radius 2 is 2.23 bits per heavy atom. The normalized spacial score (nSPS) is 23.0. The summed E-state index contributed by atoms with van der Waals surface area (Å²) in [7, 11) is 0. The molecule has 3 heterocycles. The highest BCUT2D eigenvalue weighted by molar-refractivity contribution is 5.97. The minimum absolute atomic E-state index is 0.0737. The fraction of sp³-hybridized carbons (Fsp3) is 0.688. The summed E-state index contributed by atoms with van der Waals surface area (Å²) in [5.74, 6) is 0.717. The molecule has 0 aromatic carbocycles. The van der Waals surface area contributed by atoms with Crippen molar-refractivity contribution in [1.29, 1.82) is 0 Å². The predicted molar refractivity (Wildman–Crippen MR) is 82.4 cm³/mol.